The molecule has 106 valence electrons. The Morgan fingerprint density at radius 3 is 2.62 bits per heavy atom. The summed E-state index contributed by atoms with van der Waals surface area (Å²) in [5, 5.41) is 9.37. The topological polar surface area (TPSA) is 76.1 Å². The molecule has 0 fully saturated rings. The van der Waals surface area contributed by atoms with Crippen molar-refractivity contribution in [2.24, 2.45) is 0 Å². The summed E-state index contributed by atoms with van der Waals surface area (Å²) in [5.41, 5.74) is 3.18. The Kier molecular flexibility index (Phi) is 2.98. The van der Waals surface area contributed by atoms with E-state index in [9.17, 15) is 5.26 Å². The summed E-state index contributed by atoms with van der Waals surface area (Å²) in [6, 6.07) is 5.70. The summed E-state index contributed by atoms with van der Waals surface area (Å²) in [5.74, 6) is 1.58. The largest absolute Gasteiger partial charge is 0.481 e. The molecule has 21 heavy (non-hydrogen) atoms. The molecule has 3 rings (SSSR count). The third kappa shape index (κ3) is 1.89. The molecule has 0 bridgehead atoms. The number of rotatable bonds is 2. The van der Waals surface area contributed by atoms with E-state index in [1.807, 2.05) is 11.3 Å². The van der Waals surface area contributed by atoms with Gasteiger partial charge in [0.15, 0.2) is 11.3 Å². The highest BCUT2D eigenvalue weighted by Gasteiger charge is 2.19. The zero-order valence-corrected chi connectivity index (χ0v) is 12.4. The first-order valence-electron chi connectivity index (χ1n) is 6.70. The van der Waals surface area contributed by atoms with E-state index in [4.69, 9.17) is 4.74 Å². The zero-order chi connectivity index (χ0) is 15.1. The van der Waals surface area contributed by atoms with Crippen LogP contribution in [0.15, 0.2) is 12.1 Å². The molecule has 0 aliphatic carbocycles. The number of nitriles is 1. The number of nitrogens with zero attached hydrogens (tertiary/aromatic N) is 5. The maximum atomic E-state index is 9.37. The minimum Gasteiger partial charge on any atom is -0.481 e. The Morgan fingerprint density at radius 1 is 1.24 bits per heavy atom. The van der Waals surface area contributed by atoms with Crippen molar-refractivity contribution >= 4 is 16.7 Å². The SMILES string of the molecule is COc1ccc2nc(C#N)c3c(C)nc(C(C)C)n3c2n1. The van der Waals surface area contributed by atoms with Crippen LogP contribution in [-0.2, 0) is 0 Å². The highest BCUT2D eigenvalue weighted by atomic mass is 16.5. The molecule has 6 nitrogen and oxygen atoms in total. The third-order valence-corrected chi connectivity index (χ3v) is 3.41. The van der Waals surface area contributed by atoms with Crippen molar-refractivity contribution < 1.29 is 4.74 Å². The fourth-order valence-electron chi connectivity index (χ4n) is 2.47. The van der Waals surface area contributed by atoms with Crippen LogP contribution in [0.4, 0.5) is 0 Å². The predicted molar refractivity (Wildman–Crippen MR) is 78.4 cm³/mol. The van der Waals surface area contributed by atoms with E-state index in [1.54, 1.807) is 19.2 Å². The lowest BCUT2D eigenvalue weighted by molar-refractivity contribution is 0.399. The average molecular weight is 281 g/mol. The highest BCUT2D eigenvalue weighted by molar-refractivity contribution is 5.79. The molecule has 3 aromatic rings. The number of methoxy groups -OCH3 is 1. The molecule has 3 heterocycles. The zero-order valence-electron chi connectivity index (χ0n) is 12.4. The molecule has 0 unspecified atom stereocenters. The van der Waals surface area contributed by atoms with E-state index in [1.165, 1.54) is 0 Å². The molecule has 0 aliphatic rings. The van der Waals surface area contributed by atoms with Crippen molar-refractivity contribution in [1.29, 1.82) is 5.26 Å². The lowest BCUT2D eigenvalue weighted by Crippen LogP contribution is -2.04. The van der Waals surface area contributed by atoms with Gasteiger partial charge in [-0.05, 0) is 13.0 Å². The van der Waals surface area contributed by atoms with Crippen molar-refractivity contribution in [2.75, 3.05) is 7.11 Å². The van der Waals surface area contributed by atoms with Gasteiger partial charge in [0.25, 0.3) is 0 Å². The van der Waals surface area contributed by atoms with Gasteiger partial charge in [-0.3, -0.25) is 4.40 Å². The number of pyridine rings is 1. The van der Waals surface area contributed by atoms with E-state index >= 15 is 0 Å². The number of ether oxygens (including phenoxy) is 1. The smallest absolute Gasteiger partial charge is 0.215 e. The lowest BCUT2D eigenvalue weighted by atomic mass is 10.2. The Bertz CT molecular complexity index is 889. The minimum absolute atomic E-state index is 0.205. The van der Waals surface area contributed by atoms with Crippen molar-refractivity contribution in [1.82, 2.24) is 19.4 Å². The van der Waals surface area contributed by atoms with Gasteiger partial charge in [0.1, 0.15) is 22.9 Å². The molecule has 0 atom stereocenters. The molecule has 0 saturated carbocycles. The van der Waals surface area contributed by atoms with Gasteiger partial charge in [-0.25, -0.2) is 9.97 Å². The van der Waals surface area contributed by atoms with Crippen molar-refractivity contribution in [3.63, 3.8) is 0 Å². The number of aromatic nitrogens is 4. The van der Waals surface area contributed by atoms with Gasteiger partial charge in [-0.2, -0.15) is 10.2 Å². The molecule has 3 aromatic heterocycles. The first-order chi connectivity index (χ1) is 10.1. The third-order valence-electron chi connectivity index (χ3n) is 3.41. The van der Waals surface area contributed by atoms with E-state index in [0.29, 0.717) is 22.7 Å². The molecule has 0 amide bonds. The maximum Gasteiger partial charge on any atom is 0.215 e. The van der Waals surface area contributed by atoms with Crippen LogP contribution in [0, 0.1) is 18.3 Å². The van der Waals surface area contributed by atoms with Crippen molar-refractivity contribution in [2.45, 2.75) is 26.7 Å². The van der Waals surface area contributed by atoms with Gasteiger partial charge in [0.2, 0.25) is 5.88 Å². The molecule has 0 spiro atoms. The quantitative estimate of drug-likeness (QED) is 0.721. The van der Waals surface area contributed by atoms with E-state index < -0.39 is 0 Å². The minimum atomic E-state index is 0.205. The summed E-state index contributed by atoms with van der Waals surface area (Å²) in [6.07, 6.45) is 0. The summed E-state index contributed by atoms with van der Waals surface area (Å²) >= 11 is 0. The van der Waals surface area contributed by atoms with Crippen molar-refractivity contribution in [3.8, 4) is 11.9 Å². The van der Waals surface area contributed by atoms with E-state index in [2.05, 4.69) is 34.9 Å². The van der Waals surface area contributed by atoms with Gasteiger partial charge < -0.3 is 4.74 Å². The fraction of sp³-hybridized carbons (Fsp3) is 0.333. The lowest BCUT2D eigenvalue weighted by Gasteiger charge is -2.09. The monoisotopic (exact) mass is 281 g/mol. The second-order valence-electron chi connectivity index (χ2n) is 5.16. The fourth-order valence-corrected chi connectivity index (χ4v) is 2.47. The maximum absolute atomic E-state index is 9.37. The summed E-state index contributed by atoms with van der Waals surface area (Å²) in [4.78, 5) is 13.5. The van der Waals surface area contributed by atoms with Crippen LogP contribution in [0.5, 0.6) is 5.88 Å². The van der Waals surface area contributed by atoms with Crippen LogP contribution in [-0.4, -0.2) is 26.5 Å². The Labute approximate surface area is 122 Å². The molecule has 0 aromatic carbocycles. The van der Waals surface area contributed by atoms with Crippen LogP contribution in [0.1, 0.15) is 37.0 Å². The second kappa shape index (κ2) is 4.70. The molecule has 6 heteroatoms. The Morgan fingerprint density at radius 2 is 2.00 bits per heavy atom. The highest BCUT2D eigenvalue weighted by Crippen LogP contribution is 2.26. The van der Waals surface area contributed by atoms with E-state index in [0.717, 1.165) is 17.0 Å². The molecule has 0 N–H and O–H groups in total. The number of aryl methyl sites for hydroxylation is 1. The first-order valence-corrected chi connectivity index (χ1v) is 6.70. The predicted octanol–water partition coefficient (Wildman–Crippen LogP) is 2.59. The number of hydrogen-bond acceptors (Lipinski definition) is 5. The number of fused-ring (bicyclic) bond motifs is 3. The van der Waals surface area contributed by atoms with Crippen LogP contribution in [0.3, 0.4) is 0 Å². The standard InChI is InChI=1S/C15H15N5O/c1-8(2)14-17-9(3)13-11(7-16)18-10-5-6-12(21-4)19-15(10)20(13)14/h5-6,8H,1-4H3. The van der Waals surface area contributed by atoms with Gasteiger partial charge in [0, 0.05) is 12.0 Å². The van der Waals surface area contributed by atoms with Crippen LogP contribution in [0.25, 0.3) is 16.7 Å². The van der Waals surface area contributed by atoms with Crippen LogP contribution < -0.4 is 4.74 Å². The number of hydrogen-bond donors (Lipinski definition) is 0. The molecular weight excluding hydrogens is 266 g/mol. The first kappa shape index (κ1) is 13.3. The summed E-state index contributed by atoms with van der Waals surface area (Å²) in [6.45, 7) is 6.01. The summed E-state index contributed by atoms with van der Waals surface area (Å²) < 4.78 is 7.12. The normalized spacial score (nSPS) is 11.2. The Hall–Kier alpha value is -2.68. The van der Waals surface area contributed by atoms with E-state index in [-0.39, 0.29) is 5.92 Å². The number of imidazole rings is 1. The summed E-state index contributed by atoms with van der Waals surface area (Å²) in [7, 11) is 1.57. The van der Waals surface area contributed by atoms with Gasteiger partial charge in [-0.1, -0.05) is 13.8 Å². The molecule has 0 saturated heterocycles. The molecule has 0 aliphatic heterocycles. The van der Waals surface area contributed by atoms with Crippen LogP contribution in [0.2, 0.25) is 0 Å². The van der Waals surface area contributed by atoms with Gasteiger partial charge in [-0.15, -0.1) is 0 Å². The molecule has 0 radical (unpaired) electrons. The van der Waals surface area contributed by atoms with Crippen molar-refractivity contribution in [3.05, 3.63) is 29.3 Å². The van der Waals surface area contributed by atoms with Gasteiger partial charge in [0.05, 0.1) is 12.8 Å². The molecular formula is C15H15N5O. The Balaban J connectivity index is 2.58. The van der Waals surface area contributed by atoms with Gasteiger partial charge >= 0.3 is 0 Å². The second-order valence-corrected chi connectivity index (χ2v) is 5.16. The average Bonchev–Trinajstić information content (AvgIpc) is 2.84. The van der Waals surface area contributed by atoms with Crippen LogP contribution >= 0.6 is 0 Å².